The zero-order valence-electron chi connectivity index (χ0n) is 14.0. The van der Waals surface area contributed by atoms with Gasteiger partial charge < -0.3 is 15.5 Å². The van der Waals surface area contributed by atoms with E-state index in [9.17, 15) is 22.8 Å². The quantitative estimate of drug-likeness (QED) is 0.565. The number of benzene rings is 1. The fourth-order valence-corrected chi connectivity index (χ4v) is 2.34. The van der Waals surface area contributed by atoms with Crippen LogP contribution in [0.3, 0.4) is 0 Å². The van der Waals surface area contributed by atoms with Crippen molar-refractivity contribution in [3.8, 4) is 0 Å². The summed E-state index contributed by atoms with van der Waals surface area (Å²) in [5.41, 5.74) is -1.62. The van der Waals surface area contributed by atoms with Crippen molar-refractivity contribution in [2.24, 2.45) is 0 Å². The molecule has 0 fully saturated rings. The summed E-state index contributed by atoms with van der Waals surface area (Å²) in [5.74, 6) is -2.14. The molecule has 0 aliphatic carbocycles. The van der Waals surface area contributed by atoms with E-state index in [2.05, 4.69) is 10.2 Å². The van der Waals surface area contributed by atoms with Crippen LogP contribution < -0.4 is 10.6 Å². The third kappa shape index (κ3) is 6.91. The Morgan fingerprint density at radius 1 is 1.16 bits per heavy atom. The highest BCUT2D eigenvalue weighted by molar-refractivity contribution is 6.39. The van der Waals surface area contributed by atoms with Crippen molar-refractivity contribution in [1.29, 1.82) is 0 Å². The lowest BCUT2D eigenvalue weighted by Crippen LogP contribution is -2.37. The predicted molar refractivity (Wildman–Crippen MR) is 90.5 cm³/mol. The topological polar surface area (TPSA) is 61.4 Å². The molecule has 1 aromatic rings. The smallest absolute Gasteiger partial charge is 0.348 e. The summed E-state index contributed by atoms with van der Waals surface area (Å²) in [5, 5.41) is 4.25. The van der Waals surface area contributed by atoms with Gasteiger partial charge in [0.05, 0.1) is 11.3 Å². The first-order chi connectivity index (χ1) is 11.7. The van der Waals surface area contributed by atoms with Gasteiger partial charge in [0.2, 0.25) is 0 Å². The Labute approximate surface area is 149 Å². The number of halogens is 4. The highest BCUT2D eigenvalue weighted by atomic mass is 35.5. The highest BCUT2D eigenvalue weighted by Gasteiger charge is 2.34. The number of nitrogens with one attached hydrogen (secondary N) is 2. The van der Waals surface area contributed by atoms with Crippen molar-refractivity contribution in [3.05, 3.63) is 28.8 Å². The molecule has 9 heteroatoms. The number of carbonyl (C=O) groups is 2. The number of anilines is 1. The highest BCUT2D eigenvalue weighted by Crippen LogP contribution is 2.36. The van der Waals surface area contributed by atoms with Crippen LogP contribution in [0.4, 0.5) is 18.9 Å². The molecular weight excluding hydrogens is 359 g/mol. The second kappa shape index (κ2) is 9.62. The van der Waals surface area contributed by atoms with Crippen LogP contribution in [0.1, 0.15) is 25.8 Å². The maximum Gasteiger partial charge on any atom is 0.418 e. The monoisotopic (exact) mass is 379 g/mol. The molecule has 0 radical (unpaired) electrons. The molecule has 0 spiro atoms. The fraction of sp³-hybridized carbons (Fsp3) is 0.500. The third-order valence-electron chi connectivity index (χ3n) is 3.57. The second-order valence-electron chi connectivity index (χ2n) is 5.28. The van der Waals surface area contributed by atoms with Gasteiger partial charge in [-0.3, -0.25) is 9.59 Å². The Bertz CT molecular complexity index is 605. The molecule has 0 aliphatic rings. The molecule has 0 atom stereocenters. The van der Waals surface area contributed by atoms with E-state index in [0.29, 0.717) is 12.5 Å². The van der Waals surface area contributed by atoms with Crippen molar-refractivity contribution >= 4 is 29.1 Å². The molecule has 140 valence electrons. The Morgan fingerprint density at radius 2 is 1.80 bits per heavy atom. The number of hydrogen-bond acceptors (Lipinski definition) is 3. The molecule has 0 aromatic heterocycles. The standard InChI is InChI=1S/C16H21ClF3N3O2/c1-3-23(4-2)9-5-8-21-14(24)15(25)22-13-7-6-11(17)10-12(13)16(18,19)20/h6-7,10H,3-5,8-9H2,1-2H3,(H,21,24)(H,22,25). The van der Waals surface area contributed by atoms with Gasteiger partial charge in [-0.25, -0.2) is 0 Å². The minimum Gasteiger partial charge on any atom is -0.348 e. The second-order valence-corrected chi connectivity index (χ2v) is 5.71. The summed E-state index contributed by atoms with van der Waals surface area (Å²) in [4.78, 5) is 25.6. The normalized spacial score (nSPS) is 11.5. The molecule has 2 amide bonds. The molecule has 0 saturated heterocycles. The molecule has 0 aliphatic heterocycles. The van der Waals surface area contributed by atoms with Gasteiger partial charge in [0, 0.05) is 11.6 Å². The molecule has 0 saturated carbocycles. The van der Waals surface area contributed by atoms with Gasteiger partial charge in [0.15, 0.2) is 0 Å². The van der Waals surface area contributed by atoms with Crippen LogP contribution in [0.2, 0.25) is 5.02 Å². The van der Waals surface area contributed by atoms with Crippen LogP contribution in [0, 0.1) is 0 Å². The number of amides is 2. The summed E-state index contributed by atoms with van der Waals surface area (Å²) < 4.78 is 38.9. The third-order valence-corrected chi connectivity index (χ3v) is 3.81. The first-order valence-corrected chi connectivity index (χ1v) is 8.25. The van der Waals surface area contributed by atoms with Crippen LogP contribution in [-0.4, -0.2) is 42.9 Å². The molecule has 0 heterocycles. The van der Waals surface area contributed by atoms with E-state index in [1.54, 1.807) is 0 Å². The average molecular weight is 380 g/mol. The summed E-state index contributed by atoms with van der Waals surface area (Å²) in [6, 6.07) is 2.91. The first kappa shape index (κ1) is 21.2. The number of rotatable bonds is 7. The van der Waals surface area contributed by atoms with Crippen molar-refractivity contribution in [2.45, 2.75) is 26.4 Å². The van der Waals surface area contributed by atoms with E-state index < -0.39 is 29.2 Å². The Hall–Kier alpha value is -1.80. The van der Waals surface area contributed by atoms with E-state index in [0.717, 1.165) is 25.7 Å². The fourth-order valence-electron chi connectivity index (χ4n) is 2.16. The zero-order chi connectivity index (χ0) is 19.0. The zero-order valence-corrected chi connectivity index (χ0v) is 14.8. The Kier molecular flexibility index (Phi) is 8.18. The SMILES string of the molecule is CCN(CC)CCCNC(=O)C(=O)Nc1ccc(Cl)cc1C(F)(F)F. The van der Waals surface area contributed by atoms with Crippen LogP contribution in [0.25, 0.3) is 0 Å². The van der Waals surface area contributed by atoms with Crippen molar-refractivity contribution < 1.29 is 22.8 Å². The van der Waals surface area contributed by atoms with E-state index in [1.807, 2.05) is 19.2 Å². The van der Waals surface area contributed by atoms with Gasteiger partial charge in [0.1, 0.15) is 0 Å². The number of nitrogens with zero attached hydrogens (tertiary/aromatic N) is 1. The van der Waals surface area contributed by atoms with Gasteiger partial charge in [-0.05, 0) is 44.3 Å². The van der Waals surface area contributed by atoms with Crippen LogP contribution in [0.5, 0.6) is 0 Å². The van der Waals surface area contributed by atoms with Gasteiger partial charge in [0.25, 0.3) is 0 Å². The molecule has 0 unspecified atom stereocenters. The molecule has 1 aromatic carbocycles. The summed E-state index contributed by atoms with van der Waals surface area (Å²) in [7, 11) is 0. The lowest BCUT2D eigenvalue weighted by atomic mass is 10.1. The maximum atomic E-state index is 13.0. The minimum absolute atomic E-state index is 0.119. The lowest BCUT2D eigenvalue weighted by molar-refractivity contribution is -0.138. The number of alkyl halides is 3. The molecule has 25 heavy (non-hydrogen) atoms. The number of hydrogen-bond donors (Lipinski definition) is 2. The van der Waals surface area contributed by atoms with Crippen molar-refractivity contribution in [3.63, 3.8) is 0 Å². The summed E-state index contributed by atoms with van der Waals surface area (Å²) in [6.07, 6.45) is -4.07. The van der Waals surface area contributed by atoms with Crippen molar-refractivity contribution in [1.82, 2.24) is 10.2 Å². The molecule has 0 bridgehead atoms. The van der Waals surface area contributed by atoms with E-state index in [-0.39, 0.29) is 11.6 Å². The molecule has 5 nitrogen and oxygen atoms in total. The Morgan fingerprint density at radius 3 is 2.36 bits per heavy atom. The van der Waals surface area contributed by atoms with E-state index in [4.69, 9.17) is 11.6 Å². The molecular formula is C16H21ClF3N3O2. The number of carbonyl (C=O) groups excluding carboxylic acids is 2. The van der Waals surface area contributed by atoms with Crippen LogP contribution >= 0.6 is 11.6 Å². The van der Waals surface area contributed by atoms with Crippen LogP contribution in [-0.2, 0) is 15.8 Å². The lowest BCUT2D eigenvalue weighted by Gasteiger charge is -2.17. The van der Waals surface area contributed by atoms with Gasteiger partial charge in [-0.2, -0.15) is 13.2 Å². The Balaban J connectivity index is 2.60. The largest absolute Gasteiger partial charge is 0.418 e. The minimum atomic E-state index is -4.70. The van der Waals surface area contributed by atoms with Gasteiger partial charge in [-0.15, -0.1) is 0 Å². The van der Waals surface area contributed by atoms with E-state index in [1.165, 1.54) is 6.07 Å². The van der Waals surface area contributed by atoms with Crippen LogP contribution in [0.15, 0.2) is 18.2 Å². The average Bonchev–Trinajstić information content (AvgIpc) is 2.55. The van der Waals surface area contributed by atoms with Gasteiger partial charge >= 0.3 is 18.0 Å². The maximum absolute atomic E-state index is 13.0. The first-order valence-electron chi connectivity index (χ1n) is 7.87. The van der Waals surface area contributed by atoms with Crippen molar-refractivity contribution in [2.75, 3.05) is 31.5 Å². The summed E-state index contributed by atoms with van der Waals surface area (Å²) >= 11 is 5.56. The van der Waals surface area contributed by atoms with Gasteiger partial charge in [-0.1, -0.05) is 25.4 Å². The predicted octanol–water partition coefficient (Wildman–Crippen LogP) is 3.15. The summed E-state index contributed by atoms with van der Waals surface area (Å²) in [6.45, 7) is 6.79. The van der Waals surface area contributed by atoms with E-state index >= 15 is 0 Å². The molecule has 1 rings (SSSR count). The molecule has 2 N–H and O–H groups in total.